The van der Waals surface area contributed by atoms with E-state index in [4.69, 9.17) is 20.8 Å². The summed E-state index contributed by atoms with van der Waals surface area (Å²) in [5.74, 6) is 0.617. The molecule has 0 N–H and O–H groups in total. The predicted octanol–water partition coefficient (Wildman–Crippen LogP) is 6.31. The first-order chi connectivity index (χ1) is 13.5. The van der Waals surface area contributed by atoms with E-state index in [2.05, 4.69) is 0 Å². The van der Waals surface area contributed by atoms with Crippen LogP contribution in [0.15, 0.2) is 75.9 Å². The zero-order valence-corrected chi connectivity index (χ0v) is 16.4. The van der Waals surface area contributed by atoms with Crippen molar-refractivity contribution in [2.45, 2.75) is 20.5 Å². The first-order valence-corrected chi connectivity index (χ1v) is 9.41. The average Bonchev–Trinajstić information content (AvgIpc) is 2.69. The van der Waals surface area contributed by atoms with Crippen LogP contribution in [-0.4, -0.2) is 0 Å². The largest absolute Gasteiger partial charge is 0.481 e. The first kappa shape index (κ1) is 18.3. The quantitative estimate of drug-likeness (QED) is 0.410. The lowest BCUT2D eigenvalue weighted by Crippen LogP contribution is -2.10. The number of benzene rings is 3. The van der Waals surface area contributed by atoms with Crippen molar-refractivity contribution in [3.8, 4) is 17.1 Å². The van der Waals surface area contributed by atoms with Crippen LogP contribution in [0.4, 0.5) is 0 Å². The zero-order valence-electron chi connectivity index (χ0n) is 15.7. The van der Waals surface area contributed by atoms with Crippen molar-refractivity contribution in [3.63, 3.8) is 0 Å². The number of aryl methyl sites for hydroxylation is 2. The summed E-state index contributed by atoms with van der Waals surface area (Å²) in [6.07, 6.45) is 0. The second-order valence-corrected chi connectivity index (χ2v) is 7.31. The third-order valence-electron chi connectivity index (χ3n) is 4.63. The minimum atomic E-state index is -0.230. The van der Waals surface area contributed by atoms with Crippen LogP contribution in [0.25, 0.3) is 22.3 Å². The van der Waals surface area contributed by atoms with Crippen molar-refractivity contribution in [3.05, 3.63) is 98.7 Å². The lowest BCUT2D eigenvalue weighted by atomic mass is 10.1. The third kappa shape index (κ3) is 3.67. The summed E-state index contributed by atoms with van der Waals surface area (Å²) in [5.41, 5.74) is 4.31. The van der Waals surface area contributed by atoms with Gasteiger partial charge in [-0.1, -0.05) is 71.3 Å². The maximum Gasteiger partial charge on any atom is 0.235 e. The molecule has 4 aromatic rings. The molecule has 4 rings (SSSR count). The molecule has 0 aliphatic rings. The number of hydrogen-bond donors (Lipinski definition) is 0. The minimum Gasteiger partial charge on any atom is -0.481 e. The zero-order chi connectivity index (χ0) is 19.7. The molecule has 0 aliphatic heterocycles. The lowest BCUT2D eigenvalue weighted by molar-refractivity contribution is 0.298. The van der Waals surface area contributed by atoms with Crippen LogP contribution < -0.4 is 10.2 Å². The molecule has 0 aliphatic carbocycles. The first-order valence-electron chi connectivity index (χ1n) is 9.03. The molecule has 140 valence electrons. The standard InChI is InChI=1S/C24H19ClO3/c1-15-3-7-17(8-4-15)14-27-24-22(26)20-13-19(25)11-12-21(20)28-23(24)18-9-5-16(2)6-10-18/h3-13H,14H2,1-2H3. The Balaban J connectivity index is 1.84. The average molecular weight is 391 g/mol. The fraction of sp³-hybridized carbons (Fsp3) is 0.125. The Kier molecular flexibility index (Phi) is 4.93. The highest BCUT2D eigenvalue weighted by atomic mass is 35.5. The SMILES string of the molecule is Cc1ccc(COc2c(-c3ccc(C)cc3)oc3ccc(Cl)cc3c2=O)cc1. The van der Waals surface area contributed by atoms with Gasteiger partial charge in [0.15, 0.2) is 5.76 Å². The smallest absolute Gasteiger partial charge is 0.235 e. The normalized spacial score (nSPS) is 11.0. The Hall–Kier alpha value is -3.04. The van der Waals surface area contributed by atoms with Crippen LogP contribution in [-0.2, 0) is 6.61 Å². The molecule has 28 heavy (non-hydrogen) atoms. The molecule has 0 radical (unpaired) electrons. The van der Waals surface area contributed by atoms with Crippen molar-refractivity contribution in [2.24, 2.45) is 0 Å². The molecule has 0 spiro atoms. The van der Waals surface area contributed by atoms with Crippen LogP contribution >= 0.6 is 11.6 Å². The van der Waals surface area contributed by atoms with Gasteiger partial charge in [-0.3, -0.25) is 4.79 Å². The predicted molar refractivity (Wildman–Crippen MR) is 113 cm³/mol. The van der Waals surface area contributed by atoms with Gasteiger partial charge in [-0.2, -0.15) is 0 Å². The van der Waals surface area contributed by atoms with E-state index in [0.717, 1.165) is 16.7 Å². The molecule has 0 fully saturated rings. The topological polar surface area (TPSA) is 39.4 Å². The molecular weight excluding hydrogens is 372 g/mol. The maximum absolute atomic E-state index is 13.2. The summed E-state index contributed by atoms with van der Waals surface area (Å²) in [5, 5.41) is 0.884. The monoisotopic (exact) mass is 390 g/mol. The van der Waals surface area contributed by atoms with Gasteiger partial charge < -0.3 is 9.15 Å². The molecule has 0 saturated carbocycles. The fourth-order valence-corrected chi connectivity index (χ4v) is 3.19. The van der Waals surface area contributed by atoms with E-state index in [1.807, 2.05) is 62.4 Å². The summed E-state index contributed by atoms with van der Waals surface area (Å²) in [4.78, 5) is 13.2. The van der Waals surface area contributed by atoms with E-state index in [1.165, 1.54) is 5.56 Å². The highest BCUT2D eigenvalue weighted by molar-refractivity contribution is 6.31. The van der Waals surface area contributed by atoms with Gasteiger partial charge in [0.1, 0.15) is 12.2 Å². The van der Waals surface area contributed by atoms with Gasteiger partial charge in [-0.15, -0.1) is 0 Å². The molecule has 0 unspecified atom stereocenters. The molecule has 0 atom stereocenters. The van der Waals surface area contributed by atoms with Crippen LogP contribution in [0.3, 0.4) is 0 Å². The van der Waals surface area contributed by atoms with Gasteiger partial charge in [0, 0.05) is 10.6 Å². The minimum absolute atomic E-state index is 0.194. The molecule has 0 amide bonds. The third-order valence-corrected chi connectivity index (χ3v) is 4.86. The summed E-state index contributed by atoms with van der Waals surface area (Å²) in [6, 6.07) is 20.8. The second-order valence-electron chi connectivity index (χ2n) is 6.87. The maximum atomic E-state index is 13.2. The van der Waals surface area contributed by atoms with Gasteiger partial charge in [0.2, 0.25) is 11.2 Å². The number of ether oxygens (including phenoxy) is 1. The van der Waals surface area contributed by atoms with Gasteiger partial charge in [-0.05, 0) is 37.6 Å². The van der Waals surface area contributed by atoms with Crippen molar-refractivity contribution < 1.29 is 9.15 Å². The molecule has 4 heteroatoms. The Labute approximate surface area is 168 Å². The number of hydrogen-bond acceptors (Lipinski definition) is 3. The van der Waals surface area contributed by atoms with Crippen molar-refractivity contribution in [1.82, 2.24) is 0 Å². The molecular formula is C24H19ClO3. The van der Waals surface area contributed by atoms with Crippen LogP contribution in [0.5, 0.6) is 5.75 Å². The summed E-state index contributed by atoms with van der Waals surface area (Å²) in [6.45, 7) is 4.31. The van der Waals surface area contributed by atoms with Crippen LogP contribution in [0.2, 0.25) is 5.02 Å². The lowest BCUT2D eigenvalue weighted by Gasteiger charge is -2.12. The Morgan fingerprint density at radius 2 is 1.54 bits per heavy atom. The van der Waals surface area contributed by atoms with Crippen molar-refractivity contribution in [1.29, 1.82) is 0 Å². The van der Waals surface area contributed by atoms with Crippen LogP contribution in [0, 0.1) is 13.8 Å². The van der Waals surface area contributed by atoms with Crippen molar-refractivity contribution in [2.75, 3.05) is 0 Å². The summed E-state index contributed by atoms with van der Waals surface area (Å²) < 4.78 is 12.1. The highest BCUT2D eigenvalue weighted by Crippen LogP contribution is 2.32. The second kappa shape index (κ2) is 7.53. The molecule has 1 heterocycles. The Bertz CT molecular complexity index is 1190. The van der Waals surface area contributed by atoms with E-state index < -0.39 is 0 Å². The molecule has 1 aromatic heterocycles. The number of rotatable bonds is 4. The fourth-order valence-electron chi connectivity index (χ4n) is 3.02. The molecule has 0 bridgehead atoms. The van der Waals surface area contributed by atoms with E-state index in [0.29, 0.717) is 21.8 Å². The highest BCUT2D eigenvalue weighted by Gasteiger charge is 2.18. The van der Waals surface area contributed by atoms with Gasteiger partial charge in [0.05, 0.1) is 5.39 Å². The van der Waals surface area contributed by atoms with E-state index in [9.17, 15) is 4.79 Å². The van der Waals surface area contributed by atoms with Crippen molar-refractivity contribution >= 4 is 22.6 Å². The molecule has 3 aromatic carbocycles. The van der Waals surface area contributed by atoms with Gasteiger partial charge in [-0.25, -0.2) is 0 Å². The van der Waals surface area contributed by atoms with E-state index >= 15 is 0 Å². The number of fused-ring (bicyclic) bond motifs is 1. The summed E-state index contributed by atoms with van der Waals surface area (Å²) in [7, 11) is 0. The number of halogens is 1. The molecule has 3 nitrogen and oxygen atoms in total. The summed E-state index contributed by atoms with van der Waals surface area (Å²) >= 11 is 6.08. The van der Waals surface area contributed by atoms with E-state index in [1.54, 1.807) is 18.2 Å². The Morgan fingerprint density at radius 1 is 0.893 bits per heavy atom. The van der Waals surface area contributed by atoms with Gasteiger partial charge >= 0.3 is 0 Å². The van der Waals surface area contributed by atoms with Gasteiger partial charge in [0.25, 0.3) is 0 Å². The Morgan fingerprint density at radius 3 is 2.21 bits per heavy atom. The van der Waals surface area contributed by atoms with E-state index in [-0.39, 0.29) is 17.8 Å². The molecule has 0 saturated heterocycles. The van der Waals surface area contributed by atoms with Crippen LogP contribution in [0.1, 0.15) is 16.7 Å².